The minimum absolute atomic E-state index is 0.149. The number of anilines is 1. The fraction of sp³-hybridized carbons (Fsp3) is 0.0952. The molecular weight excluding hydrogens is 373 g/mol. The average Bonchev–Trinajstić information content (AvgIpc) is 3.13. The SMILES string of the molecule is COc1ccc(F)cc1C(=O)NCc1ccc(-c2nccc3[nH]nc(N)c23)cc1. The van der Waals surface area contributed by atoms with Gasteiger partial charge >= 0.3 is 0 Å². The maximum Gasteiger partial charge on any atom is 0.255 e. The lowest BCUT2D eigenvalue weighted by Gasteiger charge is -2.10. The summed E-state index contributed by atoms with van der Waals surface area (Å²) in [4.78, 5) is 16.8. The van der Waals surface area contributed by atoms with Crippen molar-refractivity contribution < 1.29 is 13.9 Å². The molecule has 7 nitrogen and oxygen atoms in total. The Balaban J connectivity index is 1.51. The topological polar surface area (TPSA) is 106 Å². The van der Waals surface area contributed by atoms with Crippen LogP contribution in [0.2, 0.25) is 0 Å². The largest absolute Gasteiger partial charge is 0.496 e. The number of nitrogens with zero attached hydrogens (tertiary/aromatic N) is 2. The summed E-state index contributed by atoms with van der Waals surface area (Å²) in [6.45, 7) is 0.282. The normalized spacial score (nSPS) is 10.8. The number of rotatable bonds is 5. The summed E-state index contributed by atoms with van der Waals surface area (Å²) >= 11 is 0. The molecule has 0 spiro atoms. The number of aromatic amines is 1. The van der Waals surface area contributed by atoms with Gasteiger partial charge in [0, 0.05) is 18.3 Å². The molecule has 2 aromatic carbocycles. The molecule has 0 unspecified atom stereocenters. The van der Waals surface area contributed by atoms with E-state index >= 15 is 0 Å². The van der Waals surface area contributed by atoms with Crippen molar-refractivity contribution in [1.29, 1.82) is 0 Å². The van der Waals surface area contributed by atoms with Gasteiger partial charge in [0.1, 0.15) is 11.6 Å². The predicted octanol–water partition coefficient (Wildman–Crippen LogP) is 3.28. The summed E-state index contributed by atoms with van der Waals surface area (Å²) in [5.74, 6) is -0.205. The van der Waals surface area contributed by atoms with Gasteiger partial charge in [-0.1, -0.05) is 24.3 Å². The van der Waals surface area contributed by atoms with Crippen LogP contribution < -0.4 is 15.8 Å². The Hall–Kier alpha value is -3.94. The highest BCUT2D eigenvalue weighted by atomic mass is 19.1. The number of nitrogen functional groups attached to an aromatic ring is 1. The molecule has 0 saturated heterocycles. The van der Waals surface area contributed by atoms with Gasteiger partial charge in [-0.15, -0.1) is 0 Å². The highest BCUT2D eigenvalue weighted by molar-refractivity contribution is 5.99. The lowest BCUT2D eigenvalue weighted by molar-refractivity contribution is 0.0947. The fourth-order valence-corrected chi connectivity index (χ4v) is 3.13. The molecule has 1 amide bonds. The van der Waals surface area contributed by atoms with Crippen molar-refractivity contribution in [2.45, 2.75) is 6.54 Å². The van der Waals surface area contributed by atoms with Crippen molar-refractivity contribution in [1.82, 2.24) is 20.5 Å². The highest BCUT2D eigenvalue weighted by Gasteiger charge is 2.14. The number of nitrogens with one attached hydrogen (secondary N) is 2. The highest BCUT2D eigenvalue weighted by Crippen LogP contribution is 2.29. The minimum Gasteiger partial charge on any atom is -0.496 e. The summed E-state index contributed by atoms with van der Waals surface area (Å²) in [6, 6.07) is 13.2. The molecule has 2 aromatic heterocycles. The van der Waals surface area contributed by atoms with Crippen molar-refractivity contribution in [2.24, 2.45) is 0 Å². The van der Waals surface area contributed by atoms with Crippen LogP contribution in [0.15, 0.2) is 54.7 Å². The zero-order valence-corrected chi connectivity index (χ0v) is 15.6. The molecule has 4 aromatic rings. The summed E-state index contributed by atoms with van der Waals surface area (Å²) in [7, 11) is 1.43. The van der Waals surface area contributed by atoms with Crippen LogP contribution in [0.4, 0.5) is 10.2 Å². The molecule has 0 aliphatic carbocycles. The van der Waals surface area contributed by atoms with E-state index in [1.54, 1.807) is 6.20 Å². The average molecular weight is 391 g/mol. The monoisotopic (exact) mass is 391 g/mol. The number of benzene rings is 2. The number of hydrogen-bond acceptors (Lipinski definition) is 5. The van der Waals surface area contributed by atoms with Crippen LogP contribution in [0.3, 0.4) is 0 Å². The first-order valence-corrected chi connectivity index (χ1v) is 8.86. The lowest BCUT2D eigenvalue weighted by Crippen LogP contribution is -2.23. The van der Waals surface area contributed by atoms with E-state index in [1.165, 1.54) is 19.2 Å². The van der Waals surface area contributed by atoms with Gasteiger partial charge in [-0.2, -0.15) is 5.10 Å². The Bertz CT molecular complexity index is 1190. The molecule has 8 heteroatoms. The molecule has 2 heterocycles. The molecule has 0 aliphatic heterocycles. The fourth-order valence-electron chi connectivity index (χ4n) is 3.13. The Morgan fingerprint density at radius 3 is 2.76 bits per heavy atom. The van der Waals surface area contributed by atoms with Crippen LogP contribution in [-0.4, -0.2) is 28.2 Å². The number of amides is 1. The number of carbonyl (C=O) groups is 1. The first-order chi connectivity index (χ1) is 14.1. The van der Waals surface area contributed by atoms with Crippen LogP contribution in [0.1, 0.15) is 15.9 Å². The van der Waals surface area contributed by atoms with E-state index in [9.17, 15) is 9.18 Å². The van der Waals surface area contributed by atoms with E-state index in [-0.39, 0.29) is 12.1 Å². The van der Waals surface area contributed by atoms with E-state index < -0.39 is 11.7 Å². The van der Waals surface area contributed by atoms with Gasteiger partial charge in [0.2, 0.25) is 0 Å². The number of carbonyl (C=O) groups excluding carboxylic acids is 1. The number of nitrogens with two attached hydrogens (primary N) is 1. The van der Waals surface area contributed by atoms with Crippen LogP contribution in [0, 0.1) is 5.82 Å². The van der Waals surface area contributed by atoms with Crippen molar-refractivity contribution in [2.75, 3.05) is 12.8 Å². The van der Waals surface area contributed by atoms with E-state index in [2.05, 4.69) is 20.5 Å². The number of ether oxygens (including phenoxy) is 1. The van der Waals surface area contributed by atoms with Crippen molar-refractivity contribution in [3.8, 4) is 17.0 Å². The quantitative estimate of drug-likeness (QED) is 0.484. The second-order valence-corrected chi connectivity index (χ2v) is 6.42. The molecule has 0 bridgehead atoms. The third-order valence-corrected chi connectivity index (χ3v) is 4.59. The van der Waals surface area contributed by atoms with Gasteiger partial charge in [0.25, 0.3) is 5.91 Å². The number of hydrogen-bond donors (Lipinski definition) is 3. The van der Waals surface area contributed by atoms with Crippen molar-refractivity contribution in [3.63, 3.8) is 0 Å². The van der Waals surface area contributed by atoms with E-state index in [4.69, 9.17) is 10.5 Å². The van der Waals surface area contributed by atoms with Crippen LogP contribution in [-0.2, 0) is 6.54 Å². The molecule has 0 aliphatic rings. The maximum absolute atomic E-state index is 13.5. The molecule has 0 saturated carbocycles. The molecule has 4 N–H and O–H groups in total. The van der Waals surface area contributed by atoms with Gasteiger partial charge < -0.3 is 15.8 Å². The summed E-state index contributed by atoms with van der Waals surface area (Å²) in [5.41, 5.74) is 9.40. The number of pyridine rings is 1. The molecule has 29 heavy (non-hydrogen) atoms. The van der Waals surface area contributed by atoms with Crippen LogP contribution in [0.5, 0.6) is 5.75 Å². The smallest absolute Gasteiger partial charge is 0.255 e. The predicted molar refractivity (Wildman–Crippen MR) is 108 cm³/mol. The second-order valence-electron chi connectivity index (χ2n) is 6.42. The summed E-state index contributed by atoms with van der Waals surface area (Å²) in [6.07, 6.45) is 1.69. The zero-order valence-electron chi connectivity index (χ0n) is 15.6. The Morgan fingerprint density at radius 2 is 2.00 bits per heavy atom. The van der Waals surface area contributed by atoms with Gasteiger partial charge in [0.05, 0.1) is 29.3 Å². The molecule has 0 radical (unpaired) electrons. The third kappa shape index (κ3) is 3.60. The molecule has 146 valence electrons. The third-order valence-electron chi connectivity index (χ3n) is 4.59. The number of H-pyrrole nitrogens is 1. The van der Waals surface area contributed by atoms with Crippen LogP contribution >= 0.6 is 0 Å². The molecule has 0 fully saturated rings. The first-order valence-electron chi connectivity index (χ1n) is 8.86. The van der Waals surface area contributed by atoms with Crippen molar-refractivity contribution >= 4 is 22.6 Å². The van der Waals surface area contributed by atoms with E-state index in [1.807, 2.05) is 30.3 Å². The van der Waals surface area contributed by atoms with Crippen LogP contribution in [0.25, 0.3) is 22.2 Å². The van der Waals surface area contributed by atoms with E-state index in [0.29, 0.717) is 11.6 Å². The Labute approximate surface area is 165 Å². The van der Waals surface area contributed by atoms with Gasteiger partial charge in [0.15, 0.2) is 5.82 Å². The number of aromatic nitrogens is 3. The Morgan fingerprint density at radius 1 is 1.21 bits per heavy atom. The second kappa shape index (κ2) is 7.59. The standard InChI is InChI=1S/C21H18FN5O2/c1-29-17-7-6-14(22)10-15(17)21(28)25-11-12-2-4-13(5-3-12)19-18-16(8-9-24-19)26-27-20(18)23/h2-10H,11H2,1H3,(H,25,28)(H3,23,26,27). The van der Waals surface area contributed by atoms with Crippen molar-refractivity contribution in [3.05, 3.63) is 71.7 Å². The summed E-state index contributed by atoms with van der Waals surface area (Å²) in [5, 5.41) is 10.4. The lowest BCUT2D eigenvalue weighted by atomic mass is 10.1. The number of fused-ring (bicyclic) bond motifs is 1. The number of methoxy groups -OCH3 is 1. The molecule has 4 rings (SSSR count). The zero-order chi connectivity index (χ0) is 20.4. The van der Waals surface area contributed by atoms with Gasteiger partial charge in [-0.3, -0.25) is 14.9 Å². The van der Waals surface area contributed by atoms with Gasteiger partial charge in [-0.05, 0) is 29.8 Å². The molecular formula is C21H18FN5O2. The minimum atomic E-state index is -0.500. The maximum atomic E-state index is 13.5. The molecule has 0 atom stereocenters. The van der Waals surface area contributed by atoms with Gasteiger partial charge in [-0.25, -0.2) is 4.39 Å². The first kappa shape index (κ1) is 18.4. The number of halogens is 1. The summed E-state index contributed by atoms with van der Waals surface area (Å²) < 4.78 is 18.6. The Kier molecular flexibility index (Phi) is 4.82. The van der Waals surface area contributed by atoms with E-state index in [0.717, 1.165) is 33.8 Å².